The molecule has 3 nitrogen and oxygen atoms in total. The van der Waals surface area contributed by atoms with Crippen molar-refractivity contribution in [2.24, 2.45) is 0 Å². The summed E-state index contributed by atoms with van der Waals surface area (Å²) in [6.45, 7) is 0. The number of nitrogens with one attached hydrogen (secondary N) is 1. The minimum absolute atomic E-state index is 0.0564. The van der Waals surface area contributed by atoms with Crippen LogP contribution in [-0.4, -0.2) is 11.7 Å². The topological polar surface area (TPSA) is 46.2 Å². The molecular weight excluding hydrogens is 297 g/mol. The Hall–Kier alpha value is -1.84. The third-order valence-electron chi connectivity index (χ3n) is 3.17. The van der Waals surface area contributed by atoms with Crippen LogP contribution in [0, 0.1) is 0 Å². The van der Waals surface area contributed by atoms with Gasteiger partial charge in [-0.2, -0.15) is 0 Å². The zero-order valence-corrected chi connectivity index (χ0v) is 11.8. The SMILES string of the molecule is O=C1Cc2cc(C(=O)c3ccc(Cl)c(Cl)c3)ccc2N1. The number of amides is 1. The van der Waals surface area contributed by atoms with Gasteiger partial charge in [0, 0.05) is 16.8 Å². The quantitative estimate of drug-likeness (QED) is 0.860. The van der Waals surface area contributed by atoms with E-state index in [-0.39, 0.29) is 11.7 Å². The number of benzene rings is 2. The molecule has 1 N–H and O–H groups in total. The van der Waals surface area contributed by atoms with Crippen LogP contribution in [0.3, 0.4) is 0 Å². The average Bonchev–Trinajstić information content (AvgIpc) is 2.80. The Kier molecular flexibility index (Phi) is 3.24. The highest BCUT2D eigenvalue weighted by molar-refractivity contribution is 6.42. The lowest BCUT2D eigenvalue weighted by atomic mass is 10.0. The van der Waals surface area contributed by atoms with Gasteiger partial charge in [-0.1, -0.05) is 23.2 Å². The molecule has 1 amide bonds. The van der Waals surface area contributed by atoms with Gasteiger partial charge < -0.3 is 5.32 Å². The van der Waals surface area contributed by atoms with Crippen molar-refractivity contribution in [3.8, 4) is 0 Å². The van der Waals surface area contributed by atoms with Crippen molar-refractivity contribution in [3.05, 3.63) is 63.1 Å². The minimum atomic E-state index is -0.147. The predicted octanol–water partition coefficient (Wildman–Crippen LogP) is 3.72. The highest BCUT2D eigenvalue weighted by Gasteiger charge is 2.19. The molecule has 0 fully saturated rings. The van der Waals surface area contributed by atoms with E-state index in [1.807, 2.05) is 0 Å². The van der Waals surface area contributed by atoms with E-state index < -0.39 is 0 Å². The van der Waals surface area contributed by atoms with Crippen molar-refractivity contribution in [1.29, 1.82) is 0 Å². The van der Waals surface area contributed by atoms with Gasteiger partial charge in [-0.3, -0.25) is 9.59 Å². The van der Waals surface area contributed by atoms with E-state index in [0.29, 0.717) is 27.6 Å². The van der Waals surface area contributed by atoms with Gasteiger partial charge in [0.05, 0.1) is 16.5 Å². The molecule has 0 spiro atoms. The Morgan fingerprint density at radius 1 is 1.00 bits per heavy atom. The molecule has 0 bridgehead atoms. The molecule has 5 heteroatoms. The Labute approximate surface area is 125 Å². The van der Waals surface area contributed by atoms with Gasteiger partial charge in [-0.15, -0.1) is 0 Å². The van der Waals surface area contributed by atoms with Gasteiger partial charge in [0.25, 0.3) is 0 Å². The molecule has 0 aliphatic carbocycles. The van der Waals surface area contributed by atoms with E-state index in [1.54, 1.807) is 36.4 Å². The molecule has 1 heterocycles. The fourth-order valence-electron chi connectivity index (χ4n) is 2.17. The molecule has 1 aliphatic heterocycles. The third-order valence-corrected chi connectivity index (χ3v) is 3.91. The zero-order chi connectivity index (χ0) is 14.3. The maximum Gasteiger partial charge on any atom is 0.228 e. The van der Waals surface area contributed by atoms with Gasteiger partial charge in [0.15, 0.2) is 5.78 Å². The Morgan fingerprint density at radius 3 is 2.45 bits per heavy atom. The minimum Gasteiger partial charge on any atom is -0.326 e. The molecule has 2 aromatic carbocycles. The Morgan fingerprint density at radius 2 is 1.70 bits per heavy atom. The number of rotatable bonds is 2. The van der Waals surface area contributed by atoms with Crippen molar-refractivity contribution in [1.82, 2.24) is 0 Å². The molecule has 3 rings (SSSR count). The van der Waals surface area contributed by atoms with Crippen LogP contribution < -0.4 is 5.32 Å². The van der Waals surface area contributed by atoms with E-state index in [1.165, 1.54) is 0 Å². The van der Waals surface area contributed by atoms with Gasteiger partial charge >= 0.3 is 0 Å². The maximum absolute atomic E-state index is 12.4. The highest BCUT2D eigenvalue weighted by Crippen LogP contribution is 2.27. The van der Waals surface area contributed by atoms with Crippen LogP contribution in [0.4, 0.5) is 5.69 Å². The summed E-state index contributed by atoms with van der Waals surface area (Å²) >= 11 is 11.8. The standard InChI is InChI=1S/C15H9Cl2NO2/c16-11-3-1-9(6-12(11)17)15(20)8-2-4-13-10(5-8)7-14(19)18-13/h1-6H,7H2,(H,18,19). The van der Waals surface area contributed by atoms with E-state index in [0.717, 1.165) is 11.3 Å². The number of hydrogen-bond acceptors (Lipinski definition) is 2. The fourth-order valence-corrected chi connectivity index (χ4v) is 2.47. The van der Waals surface area contributed by atoms with E-state index in [4.69, 9.17) is 23.2 Å². The summed E-state index contributed by atoms with van der Waals surface area (Å²) in [4.78, 5) is 23.7. The van der Waals surface area contributed by atoms with E-state index in [9.17, 15) is 9.59 Å². The van der Waals surface area contributed by atoms with Crippen LogP contribution in [0.2, 0.25) is 10.0 Å². The number of carbonyl (C=O) groups is 2. The first-order valence-corrected chi connectivity index (χ1v) is 6.73. The van der Waals surface area contributed by atoms with Crippen LogP contribution in [0.25, 0.3) is 0 Å². The Balaban J connectivity index is 1.97. The summed E-state index contributed by atoms with van der Waals surface area (Å²) in [6.07, 6.45) is 0.303. The predicted molar refractivity (Wildman–Crippen MR) is 78.7 cm³/mol. The molecule has 0 saturated heterocycles. The summed E-state index contributed by atoms with van der Waals surface area (Å²) < 4.78 is 0. The van der Waals surface area contributed by atoms with Crippen LogP contribution in [-0.2, 0) is 11.2 Å². The van der Waals surface area contributed by atoms with E-state index in [2.05, 4.69) is 5.32 Å². The molecule has 0 radical (unpaired) electrons. The second-order valence-corrected chi connectivity index (χ2v) is 5.37. The average molecular weight is 306 g/mol. The van der Waals surface area contributed by atoms with Gasteiger partial charge in [0.1, 0.15) is 0 Å². The van der Waals surface area contributed by atoms with Crippen molar-refractivity contribution < 1.29 is 9.59 Å². The van der Waals surface area contributed by atoms with Gasteiger partial charge in [-0.25, -0.2) is 0 Å². The van der Waals surface area contributed by atoms with Crippen LogP contribution >= 0.6 is 23.2 Å². The first-order chi connectivity index (χ1) is 9.54. The molecule has 1 aliphatic rings. The van der Waals surface area contributed by atoms with Crippen LogP contribution in [0.1, 0.15) is 21.5 Å². The third kappa shape index (κ3) is 2.30. The van der Waals surface area contributed by atoms with Crippen molar-refractivity contribution in [2.45, 2.75) is 6.42 Å². The zero-order valence-electron chi connectivity index (χ0n) is 10.2. The molecule has 100 valence electrons. The number of halogens is 2. The fraction of sp³-hybridized carbons (Fsp3) is 0.0667. The normalized spacial score (nSPS) is 13.0. The number of anilines is 1. The molecular formula is C15H9Cl2NO2. The summed E-state index contributed by atoms with van der Waals surface area (Å²) in [5, 5.41) is 3.48. The summed E-state index contributed by atoms with van der Waals surface area (Å²) in [7, 11) is 0. The lowest BCUT2D eigenvalue weighted by molar-refractivity contribution is -0.115. The number of hydrogen-bond donors (Lipinski definition) is 1. The largest absolute Gasteiger partial charge is 0.326 e. The number of carbonyl (C=O) groups excluding carboxylic acids is 2. The molecule has 0 unspecified atom stereocenters. The van der Waals surface area contributed by atoms with Crippen LogP contribution in [0.15, 0.2) is 36.4 Å². The molecule has 0 aromatic heterocycles. The Bertz CT molecular complexity index is 741. The summed E-state index contributed by atoms with van der Waals surface area (Å²) in [5.74, 6) is -0.204. The van der Waals surface area contributed by atoms with Gasteiger partial charge in [0.2, 0.25) is 5.91 Å². The summed E-state index contributed by atoms with van der Waals surface area (Å²) in [6, 6.07) is 9.93. The molecule has 2 aromatic rings. The van der Waals surface area contributed by atoms with Crippen molar-refractivity contribution >= 4 is 40.6 Å². The maximum atomic E-state index is 12.4. The van der Waals surface area contributed by atoms with Crippen molar-refractivity contribution in [2.75, 3.05) is 5.32 Å². The second-order valence-electron chi connectivity index (χ2n) is 4.55. The monoisotopic (exact) mass is 305 g/mol. The lowest BCUT2D eigenvalue weighted by Gasteiger charge is -2.05. The van der Waals surface area contributed by atoms with Gasteiger partial charge in [-0.05, 0) is 42.0 Å². The van der Waals surface area contributed by atoms with E-state index >= 15 is 0 Å². The highest BCUT2D eigenvalue weighted by atomic mass is 35.5. The first-order valence-electron chi connectivity index (χ1n) is 5.97. The molecule has 0 atom stereocenters. The molecule has 20 heavy (non-hydrogen) atoms. The van der Waals surface area contributed by atoms with Crippen molar-refractivity contribution in [3.63, 3.8) is 0 Å². The lowest BCUT2D eigenvalue weighted by Crippen LogP contribution is -2.03. The molecule has 0 saturated carbocycles. The number of ketones is 1. The number of fused-ring (bicyclic) bond motifs is 1. The second kappa shape index (κ2) is 4.93. The summed E-state index contributed by atoms with van der Waals surface area (Å²) in [5.41, 5.74) is 2.59. The smallest absolute Gasteiger partial charge is 0.228 e. The first kappa shape index (κ1) is 13.2. The van der Waals surface area contributed by atoms with Crippen LogP contribution in [0.5, 0.6) is 0 Å².